The third-order valence-electron chi connectivity index (χ3n) is 3.28. The van der Waals surface area contributed by atoms with E-state index in [1.165, 1.54) is 6.07 Å². The first-order valence-electron chi connectivity index (χ1n) is 7.33. The standard InChI is InChI=1S/C17H18ClNO4S/c1-3-23-17(20)14-7-4-12(2)16(10-14)19-24(21,22)11-13-5-8-15(18)9-6-13/h4-10,19H,3,11H2,1-2H3. The van der Waals surface area contributed by atoms with E-state index in [9.17, 15) is 13.2 Å². The molecule has 0 saturated heterocycles. The van der Waals surface area contributed by atoms with E-state index < -0.39 is 16.0 Å². The van der Waals surface area contributed by atoms with Gasteiger partial charge < -0.3 is 4.74 Å². The van der Waals surface area contributed by atoms with Gasteiger partial charge in [-0.1, -0.05) is 29.8 Å². The number of carbonyl (C=O) groups excluding carboxylic acids is 1. The fourth-order valence-corrected chi connectivity index (χ4v) is 3.46. The zero-order chi connectivity index (χ0) is 17.7. The van der Waals surface area contributed by atoms with Crippen molar-refractivity contribution in [2.45, 2.75) is 19.6 Å². The number of hydrogen-bond acceptors (Lipinski definition) is 4. The summed E-state index contributed by atoms with van der Waals surface area (Å²) in [6.45, 7) is 3.72. The van der Waals surface area contributed by atoms with Crippen molar-refractivity contribution in [3.63, 3.8) is 0 Å². The van der Waals surface area contributed by atoms with E-state index in [1.54, 1.807) is 50.2 Å². The molecule has 2 aromatic carbocycles. The zero-order valence-corrected chi connectivity index (χ0v) is 14.9. The lowest BCUT2D eigenvalue weighted by atomic mass is 10.1. The lowest BCUT2D eigenvalue weighted by molar-refractivity contribution is 0.0526. The predicted octanol–water partition coefficient (Wildman–Crippen LogP) is 3.77. The lowest BCUT2D eigenvalue weighted by Gasteiger charge is -2.12. The summed E-state index contributed by atoms with van der Waals surface area (Å²) in [6.07, 6.45) is 0. The molecule has 0 atom stereocenters. The highest BCUT2D eigenvalue weighted by atomic mass is 35.5. The van der Waals surface area contributed by atoms with Gasteiger partial charge in [-0.15, -0.1) is 0 Å². The van der Waals surface area contributed by atoms with Crippen LogP contribution in [0, 0.1) is 6.92 Å². The van der Waals surface area contributed by atoms with E-state index in [1.807, 2.05) is 0 Å². The molecule has 2 rings (SSSR count). The molecule has 5 nitrogen and oxygen atoms in total. The maximum Gasteiger partial charge on any atom is 0.338 e. The maximum absolute atomic E-state index is 12.4. The van der Waals surface area contributed by atoms with Gasteiger partial charge in [-0.25, -0.2) is 13.2 Å². The number of rotatable bonds is 6. The predicted molar refractivity (Wildman–Crippen MR) is 94.8 cm³/mol. The second-order valence-electron chi connectivity index (χ2n) is 5.24. The smallest absolute Gasteiger partial charge is 0.338 e. The Balaban J connectivity index is 2.20. The molecule has 0 amide bonds. The van der Waals surface area contributed by atoms with E-state index in [0.717, 1.165) is 0 Å². The fourth-order valence-electron chi connectivity index (χ4n) is 2.08. The third-order valence-corrected chi connectivity index (χ3v) is 4.78. The summed E-state index contributed by atoms with van der Waals surface area (Å²) in [4.78, 5) is 11.8. The number of halogens is 1. The van der Waals surface area contributed by atoms with Gasteiger partial charge in [-0.05, 0) is 49.2 Å². The Morgan fingerprint density at radius 2 is 1.83 bits per heavy atom. The molecular weight excluding hydrogens is 350 g/mol. The van der Waals surface area contributed by atoms with Crippen LogP contribution < -0.4 is 4.72 Å². The summed E-state index contributed by atoms with van der Waals surface area (Å²) < 4.78 is 32.2. The molecule has 128 valence electrons. The van der Waals surface area contributed by atoms with Gasteiger partial charge in [0, 0.05) is 5.02 Å². The van der Waals surface area contributed by atoms with E-state index in [-0.39, 0.29) is 12.4 Å². The van der Waals surface area contributed by atoms with Gasteiger partial charge in [-0.3, -0.25) is 4.72 Å². The van der Waals surface area contributed by atoms with Crippen molar-refractivity contribution in [3.8, 4) is 0 Å². The van der Waals surface area contributed by atoms with Crippen LogP contribution in [0.15, 0.2) is 42.5 Å². The Morgan fingerprint density at radius 1 is 1.17 bits per heavy atom. The van der Waals surface area contributed by atoms with Gasteiger partial charge in [0.15, 0.2) is 0 Å². The summed E-state index contributed by atoms with van der Waals surface area (Å²) in [7, 11) is -3.62. The third kappa shape index (κ3) is 4.97. The van der Waals surface area contributed by atoms with Crippen LogP contribution in [0.3, 0.4) is 0 Å². The molecule has 24 heavy (non-hydrogen) atoms. The molecule has 0 spiro atoms. The van der Waals surface area contributed by atoms with Crippen molar-refractivity contribution < 1.29 is 17.9 Å². The molecule has 2 aromatic rings. The van der Waals surface area contributed by atoms with Crippen LogP contribution in [0.4, 0.5) is 5.69 Å². The van der Waals surface area contributed by atoms with Crippen LogP contribution in [0.5, 0.6) is 0 Å². The summed E-state index contributed by atoms with van der Waals surface area (Å²) >= 11 is 5.80. The molecule has 1 N–H and O–H groups in total. The molecule has 0 aliphatic carbocycles. The molecule has 0 saturated carbocycles. The molecular formula is C17H18ClNO4S. The monoisotopic (exact) mass is 367 g/mol. The van der Waals surface area contributed by atoms with Crippen LogP contribution in [-0.2, 0) is 20.5 Å². The van der Waals surface area contributed by atoms with E-state index in [2.05, 4.69) is 4.72 Å². The van der Waals surface area contributed by atoms with Crippen molar-refractivity contribution in [3.05, 3.63) is 64.2 Å². The van der Waals surface area contributed by atoms with Gasteiger partial charge in [0.25, 0.3) is 0 Å². The minimum atomic E-state index is -3.62. The normalized spacial score (nSPS) is 11.1. The molecule has 0 aliphatic rings. The lowest BCUT2D eigenvalue weighted by Crippen LogP contribution is -2.16. The van der Waals surface area contributed by atoms with Crippen molar-refractivity contribution in [1.29, 1.82) is 0 Å². The van der Waals surface area contributed by atoms with Crippen LogP contribution in [0.1, 0.15) is 28.4 Å². The molecule has 0 aliphatic heterocycles. The Kier molecular flexibility index (Phi) is 5.85. The molecule has 0 aromatic heterocycles. The minimum Gasteiger partial charge on any atom is -0.462 e. The molecule has 0 radical (unpaired) electrons. The maximum atomic E-state index is 12.4. The van der Waals surface area contributed by atoms with Gasteiger partial charge in [0.1, 0.15) is 0 Å². The van der Waals surface area contributed by atoms with Crippen LogP contribution in [-0.4, -0.2) is 21.0 Å². The zero-order valence-electron chi connectivity index (χ0n) is 13.4. The van der Waals surface area contributed by atoms with E-state index in [0.29, 0.717) is 27.4 Å². The highest BCUT2D eigenvalue weighted by molar-refractivity contribution is 7.91. The van der Waals surface area contributed by atoms with Crippen LogP contribution in [0.2, 0.25) is 5.02 Å². The fraction of sp³-hybridized carbons (Fsp3) is 0.235. The van der Waals surface area contributed by atoms with Gasteiger partial charge in [0.05, 0.1) is 23.6 Å². The number of nitrogens with one attached hydrogen (secondary N) is 1. The molecule has 7 heteroatoms. The SMILES string of the molecule is CCOC(=O)c1ccc(C)c(NS(=O)(=O)Cc2ccc(Cl)cc2)c1. The number of sulfonamides is 1. The Hall–Kier alpha value is -2.05. The second kappa shape index (κ2) is 7.68. The van der Waals surface area contributed by atoms with Crippen molar-refractivity contribution in [2.75, 3.05) is 11.3 Å². The summed E-state index contributed by atoms with van der Waals surface area (Å²) in [5, 5.41) is 0.544. The van der Waals surface area contributed by atoms with Crippen molar-refractivity contribution in [1.82, 2.24) is 0 Å². The topological polar surface area (TPSA) is 72.5 Å². The minimum absolute atomic E-state index is 0.187. The number of hydrogen-bond donors (Lipinski definition) is 1. The number of benzene rings is 2. The number of ether oxygens (including phenoxy) is 1. The largest absolute Gasteiger partial charge is 0.462 e. The van der Waals surface area contributed by atoms with Crippen molar-refractivity contribution in [2.24, 2.45) is 0 Å². The number of anilines is 1. The summed E-state index contributed by atoms with van der Waals surface area (Å²) in [5.41, 5.74) is 1.98. The average Bonchev–Trinajstić information content (AvgIpc) is 2.51. The Morgan fingerprint density at radius 3 is 2.46 bits per heavy atom. The molecule has 0 unspecified atom stereocenters. The Bertz CT molecular complexity index is 832. The van der Waals surface area contributed by atoms with Gasteiger partial charge in [-0.2, -0.15) is 0 Å². The summed E-state index contributed by atoms with van der Waals surface area (Å²) in [5.74, 6) is -0.677. The average molecular weight is 368 g/mol. The molecule has 0 heterocycles. The van der Waals surface area contributed by atoms with Gasteiger partial charge in [0.2, 0.25) is 10.0 Å². The highest BCUT2D eigenvalue weighted by Gasteiger charge is 2.15. The Labute approximate surface area is 146 Å². The quantitative estimate of drug-likeness (QED) is 0.789. The first-order chi connectivity index (χ1) is 11.3. The first-order valence-corrected chi connectivity index (χ1v) is 9.36. The number of carbonyl (C=O) groups is 1. The summed E-state index contributed by atoms with van der Waals surface area (Å²) in [6, 6.07) is 11.3. The van der Waals surface area contributed by atoms with Crippen molar-refractivity contribution >= 4 is 33.3 Å². The highest BCUT2D eigenvalue weighted by Crippen LogP contribution is 2.21. The second-order valence-corrected chi connectivity index (χ2v) is 7.40. The first kappa shape index (κ1) is 18.3. The molecule has 0 fully saturated rings. The molecule has 0 bridgehead atoms. The number of aryl methyl sites for hydroxylation is 1. The van der Waals surface area contributed by atoms with E-state index in [4.69, 9.17) is 16.3 Å². The van der Waals surface area contributed by atoms with Crippen LogP contribution >= 0.6 is 11.6 Å². The van der Waals surface area contributed by atoms with Crippen LogP contribution in [0.25, 0.3) is 0 Å². The number of esters is 1. The van der Waals surface area contributed by atoms with Gasteiger partial charge >= 0.3 is 5.97 Å². The van der Waals surface area contributed by atoms with E-state index >= 15 is 0 Å².